The Balaban J connectivity index is 1.46. The van der Waals surface area contributed by atoms with Crippen molar-refractivity contribution in [3.63, 3.8) is 0 Å². The third-order valence-electron chi connectivity index (χ3n) is 6.34. The van der Waals surface area contributed by atoms with E-state index < -0.39 is 0 Å². The summed E-state index contributed by atoms with van der Waals surface area (Å²) in [5.41, 5.74) is 0. The summed E-state index contributed by atoms with van der Waals surface area (Å²) in [7, 11) is 0. The first-order valence-corrected chi connectivity index (χ1v) is 11.8. The molecule has 0 aromatic rings. The molecule has 0 aromatic heterocycles. The molecular formula is C22H44N4O3. The fourth-order valence-electron chi connectivity index (χ4n) is 4.84. The molecule has 0 radical (unpaired) electrons. The largest absolute Gasteiger partial charge is 0.376 e. The molecular weight excluding hydrogens is 368 g/mol. The zero-order valence-corrected chi connectivity index (χ0v) is 19.2. The van der Waals surface area contributed by atoms with Crippen LogP contribution in [0.4, 0.5) is 0 Å². The molecule has 0 spiro atoms. The number of hydrogen-bond donors (Lipinski definition) is 0. The van der Waals surface area contributed by atoms with E-state index in [9.17, 15) is 0 Å². The lowest BCUT2D eigenvalue weighted by molar-refractivity contribution is -0.0699. The highest BCUT2D eigenvalue weighted by atomic mass is 16.5. The van der Waals surface area contributed by atoms with Gasteiger partial charge in [0.25, 0.3) is 0 Å². The summed E-state index contributed by atoms with van der Waals surface area (Å²) in [5.74, 6) is 0. The Kier molecular flexibility index (Phi) is 9.62. The number of hydrogen-bond acceptors (Lipinski definition) is 7. The Hall–Kier alpha value is -0.280. The second-order valence-corrected chi connectivity index (χ2v) is 9.32. The van der Waals surface area contributed by atoms with Gasteiger partial charge in [-0.1, -0.05) is 0 Å². The predicted octanol–water partition coefficient (Wildman–Crippen LogP) is 0.839. The van der Waals surface area contributed by atoms with Crippen molar-refractivity contribution in [1.82, 2.24) is 19.6 Å². The first kappa shape index (κ1) is 23.4. The molecule has 170 valence electrons. The highest BCUT2D eigenvalue weighted by Gasteiger charge is 2.23. The lowest BCUT2D eigenvalue weighted by Crippen LogP contribution is -2.50. The van der Waals surface area contributed by atoms with Crippen molar-refractivity contribution in [3.05, 3.63) is 0 Å². The van der Waals surface area contributed by atoms with Gasteiger partial charge in [0, 0.05) is 78.5 Å². The van der Waals surface area contributed by atoms with Crippen LogP contribution in [0, 0.1) is 0 Å². The van der Waals surface area contributed by atoms with E-state index in [-0.39, 0.29) is 0 Å². The van der Waals surface area contributed by atoms with Crippen LogP contribution in [0.15, 0.2) is 0 Å². The molecule has 7 heteroatoms. The summed E-state index contributed by atoms with van der Waals surface area (Å²) in [5, 5.41) is 0. The first-order chi connectivity index (χ1) is 14.0. The third-order valence-corrected chi connectivity index (χ3v) is 6.34. The van der Waals surface area contributed by atoms with Crippen molar-refractivity contribution >= 4 is 0 Å². The highest BCUT2D eigenvalue weighted by Crippen LogP contribution is 2.11. The zero-order valence-electron chi connectivity index (χ0n) is 19.2. The minimum atomic E-state index is 0.344. The van der Waals surface area contributed by atoms with Gasteiger partial charge >= 0.3 is 0 Å². The van der Waals surface area contributed by atoms with Crippen molar-refractivity contribution in [1.29, 1.82) is 0 Å². The number of ether oxygens (including phenoxy) is 3. The van der Waals surface area contributed by atoms with Gasteiger partial charge in [0.2, 0.25) is 0 Å². The summed E-state index contributed by atoms with van der Waals surface area (Å²) in [6.07, 6.45) is 1.42. The van der Waals surface area contributed by atoms with Crippen LogP contribution >= 0.6 is 0 Å². The fraction of sp³-hybridized carbons (Fsp3) is 1.00. The van der Waals surface area contributed by atoms with Crippen LogP contribution in [-0.4, -0.2) is 136 Å². The Labute approximate surface area is 178 Å². The van der Waals surface area contributed by atoms with Crippen LogP contribution in [0.3, 0.4) is 0 Å². The predicted molar refractivity (Wildman–Crippen MR) is 117 cm³/mol. The van der Waals surface area contributed by atoms with Gasteiger partial charge in [0.05, 0.1) is 37.6 Å². The smallest absolute Gasteiger partial charge is 0.0678 e. The van der Waals surface area contributed by atoms with E-state index in [4.69, 9.17) is 14.2 Å². The second kappa shape index (κ2) is 11.9. The van der Waals surface area contributed by atoms with Gasteiger partial charge in [0.15, 0.2) is 0 Å². The van der Waals surface area contributed by atoms with Crippen LogP contribution in [0.5, 0.6) is 0 Å². The van der Waals surface area contributed by atoms with Gasteiger partial charge in [0.1, 0.15) is 0 Å². The monoisotopic (exact) mass is 412 g/mol. The van der Waals surface area contributed by atoms with Gasteiger partial charge < -0.3 is 14.2 Å². The highest BCUT2D eigenvalue weighted by molar-refractivity contribution is 4.77. The maximum atomic E-state index is 5.90. The average molecular weight is 413 g/mol. The van der Waals surface area contributed by atoms with Crippen molar-refractivity contribution < 1.29 is 14.2 Å². The van der Waals surface area contributed by atoms with Crippen molar-refractivity contribution in [3.8, 4) is 0 Å². The van der Waals surface area contributed by atoms with E-state index in [1.165, 1.54) is 0 Å². The number of morpholine rings is 3. The summed E-state index contributed by atoms with van der Waals surface area (Å²) < 4.78 is 17.3. The molecule has 4 atom stereocenters. The molecule has 3 rings (SSSR count). The van der Waals surface area contributed by atoms with Crippen LogP contribution in [0.1, 0.15) is 27.7 Å². The molecule has 3 heterocycles. The number of rotatable bonds is 9. The van der Waals surface area contributed by atoms with Crippen LogP contribution < -0.4 is 0 Å². The third kappa shape index (κ3) is 8.40. The molecule has 0 aliphatic carbocycles. The van der Waals surface area contributed by atoms with Gasteiger partial charge in [-0.2, -0.15) is 0 Å². The first-order valence-electron chi connectivity index (χ1n) is 11.8. The summed E-state index contributed by atoms with van der Waals surface area (Å²) in [6.45, 7) is 23.7. The van der Waals surface area contributed by atoms with Gasteiger partial charge in [-0.05, 0) is 27.7 Å². The van der Waals surface area contributed by atoms with E-state index in [0.717, 1.165) is 91.8 Å². The summed E-state index contributed by atoms with van der Waals surface area (Å²) >= 11 is 0. The summed E-state index contributed by atoms with van der Waals surface area (Å²) in [4.78, 5) is 10.4. The minimum Gasteiger partial charge on any atom is -0.376 e. The molecule has 4 unspecified atom stereocenters. The van der Waals surface area contributed by atoms with Crippen LogP contribution in [0.2, 0.25) is 0 Å². The molecule has 7 nitrogen and oxygen atoms in total. The van der Waals surface area contributed by atoms with Crippen molar-refractivity contribution in [2.75, 3.05) is 91.8 Å². The normalized spacial score (nSPS) is 33.4. The molecule has 3 fully saturated rings. The van der Waals surface area contributed by atoms with Crippen molar-refractivity contribution in [2.24, 2.45) is 0 Å². The van der Waals surface area contributed by atoms with Gasteiger partial charge in [-0.3, -0.25) is 19.6 Å². The molecule has 3 aliphatic heterocycles. The number of nitrogens with zero attached hydrogens (tertiary/aromatic N) is 4. The maximum Gasteiger partial charge on any atom is 0.0678 e. The maximum absolute atomic E-state index is 5.90. The molecule has 0 aromatic carbocycles. The minimum absolute atomic E-state index is 0.344. The van der Waals surface area contributed by atoms with Crippen LogP contribution in [-0.2, 0) is 14.2 Å². The lowest BCUT2D eigenvalue weighted by atomic mass is 10.2. The van der Waals surface area contributed by atoms with E-state index >= 15 is 0 Å². The SMILES string of the molecule is CC1CN(CCN(CCN2CCOC(C)C2)CCN2CC(C)OC(C)C2)CCO1. The Bertz CT molecular complexity index is 433. The molecule has 0 bridgehead atoms. The summed E-state index contributed by atoms with van der Waals surface area (Å²) in [6, 6.07) is 0. The molecule has 0 N–H and O–H groups in total. The molecule has 0 amide bonds. The Morgan fingerprint density at radius 2 is 1.03 bits per heavy atom. The van der Waals surface area contributed by atoms with E-state index in [2.05, 4.69) is 47.3 Å². The molecule has 29 heavy (non-hydrogen) atoms. The Morgan fingerprint density at radius 3 is 1.48 bits per heavy atom. The topological polar surface area (TPSA) is 40.7 Å². The zero-order chi connectivity index (χ0) is 20.6. The molecule has 3 aliphatic rings. The van der Waals surface area contributed by atoms with Crippen LogP contribution in [0.25, 0.3) is 0 Å². The fourth-order valence-corrected chi connectivity index (χ4v) is 4.84. The lowest BCUT2D eigenvalue weighted by Gasteiger charge is -2.38. The standard InChI is InChI=1S/C22H44N4O3/c1-19-15-24(11-13-27-19)8-5-23(6-9-25-12-14-28-20(2)16-25)7-10-26-17-21(3)29-22(4)18-26/h19-22H,5-18H2,1-4H3. The van der Waals surface area contributed by atoms with E-state index in [0.29, 0.717) is 24.4 Å². The van der Waals surface area contributed by atoms with Gasteiger partial charge in [-0.15, -0.1) is 0 Å². The quantitative estimate of drug-likeness (QED) is 0.556. The molecule has 0 saturated carbocycles. The Morgan fingerprint density at radius 1 is 0.621 bits per heavy atom. The van der Waals surface area contributed by atoms with E-state index in [1.54, 1.807) is 0 Å². The average Bonchev–Trinajstić information content (AvgIpc) is 2.67. The molecule has 3 saturated heterocycles. The van der Waals surface area contributed by atoms with E-state index in [1.807, 2.05) is 0 Å². The van der Waals surface area contributed by atoms with Crippen molar-refractivity contribution in [2.45, 2.75) is 52.1 Å². The second-order valence-electron chi connectivity index (χ2n) is 9.32. The van der Waals surface area contributed by atoms with Gasteiger partial charge in [-0.25, -0.2) is 0 Å².